The number of amides is 2. The molecule has 150 valence electrons. The van der Waals surface area contributed by atoms with Crippen LogP contribution in [0.5, 0.6) is 5.75 Å². The molecule has 2 rings (SSSR count). The van der Waals surface area contributed by atoms with E-state index in [1.54, 1.807) is 31.2 Å². The Hall–Kier alpha value is -2.53. The minimum Gasteiger partial charge on any atom is -0.484 e. The van der Waals surface area contributed by atoms with E-state index in [1.165, 1.54) is 4.90 Å². The predicted molar refractivity (Wildman–Crippen MR) is 111 cm³/mol. The largest absolute Gasteiger partial charge is 0.484 e. The van der Waals surface area contributed by atoms with Gasteiger partial charge >= 0.3 is 0 Å². The van der Waals surface area contributed by atoms with E-state index >= 15 is 0 Å². The third-order valence-electron chi connectivity index (χ3n) is 4.54. The number of rotatable bonds is 9. The van der Waals surface area contributed by atoms with Gasteiger partial charge in [0.05, 0.1) is 0 Å². The van der Waals surface area contributed by atoms with Crippen LogP contribution in [0.25, 0.3) is 0 Å². The van der Waals surface area contributed by atoms with Crippen LogP contribution in [0.4, 0.5) is 0 Å². The number of carbonyl (C=O) groups is 2. The maximum Gasteiger partial charge on any atom is 0.261 e. The van der Waals surface area contributed by atoms with Gasteiger partial charge < -0.3 is 15.0 Å². The van der Waals surface area contributed by atoms with Crippen molar-refractivity contribution in [1.82, 2.24) is 10.2 Å². The van der Waals surface area contributed by atoms with Crippen molar-refractivity contribution < 1.29 is 14.3 Å². The molecule has 28 heavy (non-hydrogen) atoms. The number of benzene rings is 2. The first-order valence-corrected chi connectivity index (χ1v) is 9.80. The van der Waals surface area contributed by atoms with Gasteiger partial charge in [0.25, 0.3) is 5.91 Å². The SMILES string of the molecule is CC[C@H](C)NC(=O)[C@H](C)N(Cc1ccc(Cl)cc1)C(=O)COc1ccccc1. The average molecular weight is 403 g/mol. The summed E-state index contributed by atoms with van der Waals surface area (Å²) in [6.07, 6.45) is 0.820. The van der Waals surface area contributed by atoms with Crippen molar-refractivity contribution >= 4 is 23.4 Å². The summed E-state index contributed by atoms with van der Waals surface area (Å²) in [5, 5.41) is 3.56. The zero-order chi connectivity index (χ0) is 20.5. The van der Waals surface area contributed by atoms with Gasteiger partial charge in [0.1, 0.15) is 11.8 Å². The van der Waals surface area contributed by atoms with Crippen molar-refractivity contribution in [3.05, 3.63) is 65.2 Å². The van der Waals surface area contributed by atoms with E-state index in [2.05, 4.69) is 5.32 Å². The minimum atomic E-state index is -0.628. The van der Waals surface area contributed by atoms with Gasteiger partial charge in [-0.3, -0.25) is 9.59 Å². The molecular weight excluding hydrogens is 376 g/mol. The monoisotopic (exact) mass is 402 g/mol. The number of nitrogens with zero attached hydrogens (tertiary/aromatic N) is 1. The average Bonchev–Trinajstić information content (AvgIpc) is 2.71. The summed E-state index contributed by atoms with van der Waals surface area (Å²) < 4.78 is 5.59. The molecule has 0 aliphatic carbocycles. The summed E-state index contributed by atoms with van der Waals surface area (Å²) in [6.45, 7) is 5.82. The molecule has 0 aliphatic rings. The van der Waals surface area contributed by atoms with Gasteiger partial charge in [-0.2, -0.15) is 0 Å². The van der Waals surface area contributed by atoms with Gasteiger partial charge in [-0.25, -0.2) is 0 Å². The van der Waals surface area contributed by atoms with Crippen molar-refractivity contribution in [2.24, 2.45) is 0 Å². The first-order valence-electron chi connectivity index (χ1n) is 9.42. The number of nitrogens with one attached hydrogen (secondary N) is 1. The van der Waals surface area contributed by atoms with Crippen LogP contribution in [0.3, 0.4) is 0 Å². The van der Waals surface area contributed by atoms with E-state index in [4.69, 9.17) is 16.3 Å². The lowest BCUT2D eigenvalue weighted by molar-refractivity contribution is -0.142. The zero-order valence-corrected chi connectivity index (χ0v) is 17.3. The van der Waals surface area contributed by atoms with Crippen LogP contribution in [-0.4, -0.2) is 35.4 Å². The fourth-order valence-electron chi connectivity index (χ4n) is 2.58. The molecule has 0 radical (unpaired) electrons. The van der Waals surface area contributed by atoms with E-state index in [0.717, 1.165) is 12.0 Å². The highest BCUT2D eigenvalue weighted by molar-refractivity contribution is 6.30. The van der Waals surface area contributed by atoms with Crippen LogP contribution in [0.15, 0.2) is 54.6 Å². The molecular formula is C22H27ClN2O3. The Morgan fingerprint density at radius 3 is 2.32 bits per heavy atom. The van der Waals surface area contributed by atoms with E-state index in [9.17, 15) is 9.59 Å². The van der Waals surface area contributed by atoms with E-state index < -0.39 is 6.04 Å². The molecule has 0 saturated carbocycles. The first kappa shape index (κ1) is 21.8. The number of para-hydroxylation sites is 1. The number of carbonyl (C=O) groups excluding carboxylic acids is 2. The molecule has 0 aromatic heterocycles. The van der Waals surface area contributed by atoms with Crippen molar-refractivity contribution in [2.45, 2.75) is 45.8 Å². The minimum absolute atomic E-state index is 0.0444. The quantitative estimate of drug-likeness (QED) is 0.688. The fourth-order valence-corrected chi connectivity index (χ4v) is 2.71. The van der Waals surface area contributed by atoms with Crippen LogP contribution >= 0.6 is 11.6 Å². The lowest BCUT2D eigenvalue weighted by atomic mass is 10.1. The number of halogens is 1. The molecule has 0 spiro atoms. The molecule has 0 bridgehead atoms. The van der Waals surface area contributed by atoms with Gasteiger partial charge in [-0.05, 0) is 50.1 Å². The molecule has 2 aromatic rings. The third-order valence-corrected chi connectivity index (χ3v) is 4.79. The molecule has 6 heteroatoms. The summed E-state index contributed by atoms with van der Waals surface area (Å²) in [7, 11) is 0. The van der Waals surface area contributed by atoms with Crippen LogP contribution in [0.2, 0.25) is 5.02 Å². The molecule has 2 aromatic carbocycles. The van der Waals surface area contributed by atoms with Crippen LogP contribution < -0.4 is 10.1 Å². The molecule has 0 unspecified atom stereocenters. The van der Waals surface area contributed by atoms with Crippen LogP contribution in [0.1, 0.15) is 32.8 Å². The normalized spacial score (nSPS) is 12.7. The molecule has 5 nitrogen and oxygen atoms in total. The summed E-state index contributed by atoms with van der Waals surface area (Å²) in [6, 6.07) is 15.8. The highest BCUT2D eigenvalue weighted by Crippen LogP contribution is 2.15. The second-order valence-electron chi connectivity index (χ2n) is 6.74. The Bertz CT molecular complexity index is 765. The van der Waals surface area contributed by atoms with Gasteiger partial charge in [0.2, 0.25) is 5.91 Å². The maximum atomic E-state index is 12.9. The Morgan fingerprint density at radius 1 is 1.07 bits per heavy atom. The summed E-state index contributed by atoms with van der Waals surface area (Å²) in [5.74, 6) is 0.168. The highest BCUT2D eigenvalue weighted by Gasteiger charge is 2.27. The molecule has 0 heterocycles. The first-order chi connectivity index (χ1) is 13.4. The predicted octanol–water partition coefficient (Wildman–Crippen LogP) is 4.05. The standard InChI is InChI=1S/C22H27ClN2O3/c1-4-16(2)24-22(27)17(3)25(14-18-10-12-19(23)13-11-18)21(26)15-28-20-8-6-5-7-9-20/h5-13,16-17H,4,14-15H2,1-3H3,(H,24,27)/t16-,17-/m0/s1. The number of hydrogen-bond donors (Lipinski definition) is 1. The Labute approximate surface area is 171 Å². The topological polar surface area (TPSA) is 58.6 Å². The Balaban J connectivity index is 2.12. The highest BCUT2D eigenvalue weighted by atomic mass is 35.5. The molecule has 2 amide bonds. The smallest absolute Gasteiger partial charge is 0.261 e. The van der Waals surface area contributed by atoms with Crippen LogP contribution in [-0.2, 0) is 16.1 Å². The van der Waals surface area contributed by atoms with E-state index in [-0.39, 0.29) is 24.5 Å². The number of ether oxygens (including phenoxy) is 1. The fraction of sp³-hybridized carbons (Fsp3) is 0.364. The van der Waals surface area contributed by atoms with Crippen molar-refractivity contribution in [1.29, 1.82) is 0 Å². The Kier molecular flexibility index (Phi) is 8.33. The zero-order valence-electron chi connectivity index (χ0n) is 16.5. The van der Waals surface area contributed by atoms with Crippen molar-refractivity contribution in [3.63, 3.8) is 0 Å². The summed E-state index contributed by atoms with van der Waals surface area (Å²) >= 11 is 5.95. The van der Waals surface area contributed by atoms with Gasteiger partial charge in [-0.15, -0.1) is 0 Å². The Morgan fingerprint density at radius 2 is 1.71 bits per heavy atom. The number of hydrogen-bond acceptors (Lipinski definition) is 3. The third kappa shape index (κ3) is 6.57. The molecule has 2 atom stereocenters. The molecule has 1 N–H and O–H groups in total. The second-order valence-corrected chi connectivity index (χ2v) is 7.18. The summed E-state index contributed by atoms with van der Waals surface area (Å²) in [4.78, 5) is 27.0. The summed E-state index contributed by atoms with van der Waals surface area (Å²) in [5.41, 5.74) is 0.889. The van der Waals surface area contributed by atoms with Gasteiger partial charge in [0.15, 0.2) is 6.61 Å². The molecule has 0 aliphatic heterocycles. The van der Waals surface area contributed by atoms with Gasteiger partial charge in [0, 0.05) is 17.6 Å². The van der Waals surface area contributed by atoms with Crippen LogP contribution in [0, 0.1) is 0 Å². The lowest BCUT2D eigenvalue weighted by Gasteiger charge is -2.29. The molecule has 0 fully saturated rings. The van der Waals surface area contributed by atoms with E-state index in [1.807, 2.05) is 44.2 Å². The second kappa shape index (κ2) is 10.7. The maximum absolute atomic E-state index is 12.9. The van der Waals surface area contributed by atoms with Crippen molar-refractivity contribution in [2.75, 3.05) is 6.61 Å². The van der Waals surface area contributed by atoms with Crippen molar-refractivity contribution in [3.8, 4) is 5.75 Å². The lowest BCUT2D eigenvalue weighted by Crippen LogP contribution is -2.50. The van der Waals surface area contributed by atoms with E-state index in [0.29, 0.717) is 17.3 Å². The van der Waals surface area contributed by atoms with Gasteiger partial charge in [-0.1, -0.05) is 48.9 Å². The molecule has 0 saturated heterocycles.